The molecule has 0 aliphatic carbocycles. The highest BCUT2D eigenvalue weighted by Crippen LogP contribution is 2.34. The van der Waals surface area contributed by atoms with Crippen LogP contribution in [0.2, 0.25) is 0 Å². The number of aromatic nitrogens is 1. The van der Waals surface area contributed by atoms with Gasteiger partial charge in [0, 0.05) is 17.4 Å². The molecule has 0 atom stereocenters. The number of hydrogen-bond acceptors (Lipinski definition) is 2. The lowest BCUT2D eigenvalue weighted by atomic mass is 10.0. The number of carbonyl (C=O) groups excluding carboxylic acids is 1. The van der Waals surface area contributed by atoms with Crippen LogP contribution in [0.15, 0.2) is 72.8 Å². The number of hydrogen-bond donors (Lipinski definition) is 0. The van der Waals surface area contributed by atoms with Crippen LogP contribution in [0.5, 0.6) is 5.75 Å². The van der Waals surface area contributed by atoms with Crippen LogP contribution in [0.3, 0.4) is 0 Å². The second-order valence-electron chi connectivity index (χ2n) is 8.04. The molecule has 0 amide bonds. The largest absolute Gasteiger partial charge is 0.489 e. The summed E-state index contributed by atoms with van der Waals surface area (Å²) in [6.45, 7) is 0.116. The van der Waals surface area contributed by atoms with E-state index in [9.17, 15) is 31.1 Å². The predicted molar refractivity (Wildman–Crippen MR) is 118 cm³/mol. The lowest BCUT2D eigenvalue weighted by molar-refractivity contribution is -0.138. The average molecular weight is 491 g/mol. The van der Waals surface area contributed by atoms with E-state index in [0.717, 1.165) is 17.7 Å². The van der Waals surface area contributed by atoms with E-state index < -0.39 is 29.9 Å². The smallest absolute Gasteiger partial charge is 0.416 e. The third-order valence-corrected chi connectivity index (χ3v) is 5.53. The summed E-state index contributed by atoms with van der Waals surface area (Å²) in [6.07, 6.45) is -10.4. The Morgan fingerprint density at radius 2 is 1.57 bits per heavy atom. The molecule has 0 saturated carbocycles. The van der Waals surface area contributed by atoms with Gasteiger partial charge in [-0.05, 0) is 53.1 Å². The minimum absolute atomic E-state index is 0.0420. The van der Waals surface area contributed by atoms with E-state index >= 15 is 0 Å². The van der Waals surface area contributed by atoms with E-state index in [1.807, 2.05) is 30.3 Å². The summed E-state index contributed by atoms with van der Waals surface area (Å²) < 4.78 is 85.9. The summed E-state index contributed by atoms with van der Waals surface area (Å²) in [5.74, 6) is 0.531. The van der Waals surface area contributed by atoms with E-state index in [1.54, 1.807) is 24.3 Å². The Morgan fingerprint density at radius 3 is 2.23 bits per heavy atom. The molecule has 0 aliphatic rings. The topological polar surface area (TPSA) is 31.2 Å². The molecule has 3 nitrogen and oxygen atoms in total. The fourth-order valence-corrected chi connectivity index (χ4v) is 3.88. The third kappa shape index (κ3) is 5.85. The zero-order valence-corrected chi connectivity index (χ0v) is 18.2. The van der Waals surface area contributed by atoms with Crippen molar-refractivity contribution in [3.05, 3.63) is 101 Å². The maximum Gasteiger partial charge on any atom is 0.416 e. The van der Waals surface area contributed by atoms with E-state index in [-0.39, 0.29) is 17.8 Å². The fraction of sp³-hybridized carbons (Fsp3) is 0.192. The minimum atomic E-state index is -4.77. The number of rotatable bonds is 7. The van der Waals surface area contributed by atoms with Gasteiger partial charge in [0.2, 0.25) is 0 Å². The van der Waals surface area contributed by atoms with Crippen molar-refractivity contribution in [3.63, 3.8) is 0 Å². The number of fused-ring (bicyclic) bond motifs is 1. The molecular formula is C26H19F6NO2. The Morgan fingerprint density at radius 1 is 0.829 bits per heavy atom. The maximum absolute atomic E-state index is 13.1. The van der Waals surface area contributed by atoms with E-state index in [4.69, 9.17) is 4.74 Å². The first-order chi connectivity index (χ1) is 16.5. The molecule has 0 spiro atoms. The first-order valence-electron chi connectivity index (χ1n) is 10.5. The van der Waals surface area contributed by atoms with Crippen LogP contribution in [-0.2, 0) is 25.7 Å². The number of ether oxygens (including phenoxy) is 1. The Balaban J connectivity index is 1.67. The van der Waals surface area contributed by atoms with Crippen molar-refractivity contribution in [2.75, 3.05) is 0 Å². The van der Waals surface area contributed by atoms with E-state index in [2.05, 4.69) is 0 Å². The number of halogens is 6. The number of benzene rings is 3. The quantitative estimate of drug-likeness (QED) is 0.202. The summed E-state index contributed by atoms with van der Waals surface area (Å²) in [4.78, 5) is 11.7. The molecule has 4 rings (SSSR count). The second kappa shape index (κ2) is 9.48. The summed E-state index contributed by atoms with van der Waals surface area (Å²) in [5, 5.41) is 0.613. The zero-order chi connectivity index (χ0) is 25.2. The van der Waals surface area contributed by atoms with Crippen molar-refractivity contribution >= 4 is 17.2 Å². The van der Waals surface area contributed by atoms with E-state index in [1.165, 1.54) is 4.57 Å². The molecule has 1 aromatic heterocycles. The number of aldehydes is 1. The average Bonchev–Trinajstić information content (AvgIpc) is 3.14. The first kappa shape index (κ1) is 24.4. The van der Waals surface area contributed by atoms with Gasteiger partial charge < -0.3 is 9.30 Å². The van der Waals surface area contributed by atoms with Crippen LogP contribution >= 0.6 is 0 Å². The molecule has 0 saturated heterocycles. The molecule has 0 N–H and O–H groups in total. The summed E-state index contributed by atoms with van der Waals surface area (Å²) in [6, 6.07) is 18.3. The number of nitrogens with zero attached hydrogens (tertiary/aromatic N) is 1. The van der Waals surface area contributed by atoms with Crippen molar-refractivity contribution in [3.8, 4) is 5.75 Å². The fourth-order valence-electron chi connectivity index (χ4n) is 3.88. The molecule has 0 aliphatic heterocycles. The molecule has 9 heteroatoms. The van der Waals surface area contributed by atoms with Gasteiger partial charge in [-0.2, -0.15) is 26.3 Å². The Bertz CT molecular complexity index is 1340. The van der Waals surface area contributed by atoms with Crippen molar-refractivity contribution in [1.82, 2.24) is 4.57 Å². The molecule has 4 aromatic rings. The molecule has 35 heavy (non-hydrogen) atoms. The summed E-state index contributed by atoms with van der Waals surface area (Å²) in [7, 11) is 0. The van der Waals surface area contributed by atoms with Gasteiger partial charge in [0.05, 0.1) is 17.7 Å². The molecule has 0 bridgehead atoms. The van der Waals surface area contributed by atoms with Gasteiger partial charge in [0.15, 0.2) is 6.29 Å². The Hall–Kier alpha value is -3.75. The second-order valence-corrected chi connectivity index (χ2v) is 8.04. The Kier molecular flexibility index (Phi) is 6.60. The van der Waals surface area contributed by atoms with Gasteiger partial charge in [-0.15, -0.1) is 0 Å². The van der Waals surface area contributed by atoms with Crippen molar-refractivity contribution in [1.29, 1.82) is 0 Å². The summed E-state index contributed by atoms with van der Waals surface area (Å²) >= 11 is 0. The standard InChI is InChI=1S/C26H19F6NO2/c27-25(28,29)13-20-10-21(26(30,31)32)7-6-18(20)14-33-22(15-34)11-19-12-23(8-9-24(19)33)35-16-17-4-2-1-3-5-17/h1-12,15H,13-14,16H2. The number of alkyl halides is 6. The molecule has 1 heterocycles. The maximum atomic E-state index is 13.1. The normalized spacial score (nSPS) is 12.2. The molecular weight excluding hydrogens is 472 g/mol. The lowest BCUT2D eigenvalue weighted by Gasteiger charge is -2.17. The molecule has 182 valence electrons. The molecule has 0 fully saturated rings. The van der Waals surface area contributed by atoms with Crippen LogP contribution in [0.4, 0.5) is 26.3 Å². The zero-order valence-electron chi connectivity index (χ0n) is 18.2. The van der Waals surface area contributed by atoms with Crippen LogP contribution < -0.4 is 4.74 Å². The van der Waals surface area contributed by atoms with Crippen LogP contribution in [0.25, 0.3) is 10.9 Å². The minimum Gasteiger partial charge on any atom is -0.489 e. The highest BCUT2D eigenvalue weighted by Gasteiger charge is 2.34. The SMILES string of the molecule is O=Cc1cc2cc(OCc3ccccc3)ccc2n1Cc1ccc(C(F)(F)F)cc1CC(F)(F)F. The van der Waals surface area contributed by atoms with Crippen molar-refractivity contribution in [2.24, 2.45) is 0 Å². The highest BCUT2D eigenvalue weighted by atomic mass is 19.4. The summed E-state index contributed by atoms with van der Waals surface area (Å²) in [5.41, 5.74) is 0.0659. The van der Waals surface area contributed by atoms with Gasteiger partial charge in [-0.25, -0.2) is 0 Å². The van der Waals surface area contributed by atoms with Gasteiger partial charge in [-0.3, -0.25) is 4.79 Å². The molecule has 0 unspecified atom stereocenters. The van der Waals surface area contributed by atoms with Crippen LogP contribution in [0.1, 0.15) is 32.7 Å². The lowest BCUT2D eigenvalue weighted by Crippen LogP contribution is -2.16. The first-order valence-corrected chi connectivity index (χ1v) is 10.5. The van der Waals surface area contributed by atoms with Gasteiger partial charge >= 0.3 is 12.4 Å². The van der Waals surface area contributed by atoms with Gasteiger partial charge in [0.1, 0.15) is 12.4 Å². The highest BCUT2D eigenvalue weighted by molar-refractivity contribution is 5.90. The van der Waals surface area contributed by atoms with Crippen molar-refractivity contribution in [2.45, 2.75) is 31.9 Å². The molecule has 0 radical (unpaired) electrons. The van der Waals surface area contributed by atoms with Gasteiger partial charge in [-0.1, -0.05) is 36.4 Å². The monoisotopic (exact) mass is 491 g/mol. The van der Waals surface area contributed by atoms with Gasteiger partial charge in [0.25, 0.3) is 0 Å². The van der Waals surface area contributed by atoms with Crippen LogP contribution in [0, 0.1) is 0 Å². The Labute approximate surface area is 196 Å². The van der Waals surface area contributed by atoms with E-state index in [0.29, 0.717) is 35.6 Å². The molecule has 3 aromatic carbocycles. The number of carbonyl (C=O) groups is 1. The third-order valence-electron chi connectivity index (χ3n) is 5.53. The van der Waals surface area contributed by atoms with Crippen molar-refractivity contribution < 1.29 is 35.9 Å². The predicted octanol–water partition coefficient (Wildman–Crippen LogP) is 7.20. The van der Waals surface area contributed by atoms with Crippen LogP contribution in [-0.4, -0.2) is 17.0 Å².